The van der Waals surface area contributed by atoms with Crippen molar-refractivity contribution in [3.05, 3.63) is 11.9 Å². The first-order chi connectivity index (χ1) is 8.22. The van der Waals surface area contributed by atoms with E-state index in [0.29, 0.717) is 5.82 Å². The molecule has 0 aromatic carbocycles. The van der Waals surface area contributed by atoms with Crippen molar-refractivity contribution in [3.8, 4) is 0 Å². The fourth-order valence-corrected chi connectivity index (χ4v) is 2.20. The third kappa shape index (κ3) is 2.66. The van der Waals surface area contributed by atoms with E-state index in [1.165, 1.54) is 6.33 Å². The van der Waals surface area contributed by atoms with Crippen LogP contribution in [0.5, 0.6) is 0 Å². The number of nitrogen functional groups attached to an aromatic ring is 1. The van der Waals surface area contributed by atoms with Gasteiger partial charge in [-0.2, -0.15) is 0 Å². The summed E-state index contributed by atoms with van der Waals surface area (Å²) in [6.45, 7) is 5.04. The molecule has 5 heteroatoms. The number of hydrogen-bond donors (Lipinski definition) is 2. The molecule has 0 radical (unpaired) electrons. The average Bonchev–Trinajstić information content (AvgIpc) is 2.82. The van der Waals surface area contributed by atoms with Gasteiger partial charge in [0.1, 0.15) is 18.0 Å². The van der Waals surface area contributed by atoms with Crippen molar-refractivity contribution >= 4 is 11.6 Å². The Bertz CT molecular complexity index is 377. The van der Waals surface area contributed by atoms with E-state index in [1.807, 2.05) is 0 Å². The zero-order valence-electron chi connectivity index (χ0n) is 10.4. The summed E-state index contributed by atoms with van der Waals surface area (Å²) in [5, 5.41) is 3.39. The number of nitrogens with two attached hydrogens (primary N) is 1. The lowest BCUT2D eigenvalue weighted by atomic mass is 10.1. The number of nitrogens with zero attached hydrogens (tertiary/aromatic N) is 2. The van der Waals surface area contributed by atoms with Crippen LogP contribution in [0.4, 0.5) is 11.6 Å². The van der Waals surface area contributed by atoms with Crippen LogP contribution in [0.25, 0.3) is 0 Å². The van der Waals surface area contributed by atoms with E-state index in [0.717, 1.165) is 37.3 Å². The molecule has 1 aliphatic rings. The van der Waals surface area contributed by atoms with Crippen LogP contribution in [-0.4, -0.2) is 28.7 Å². The van der Waals surface area contributed by atoms with E-state index >= 15 is 0 Å². The summed E-state index contributed by atoms with van der Waals surface area (Å²) in [5.41, 5.74) is 6.82. The maximum Gasteiger partial charge on any atom is 0.134 e. The molecule has 2 rings (SSSR count). The first kappa shape index (κ1) is 12.1. The number of ether oxygens (including phenoxy) is 1. The Morgan fingerprint density at radius 2 is 2.41 bits per heavy atom. The van der Waals surface area contributed by atoms with Gasteiger partial charge in [0.25, 0.3) is 0 Å². The summed E-state index contributed by atoms with van der Waals surface area (Å²) in [4.78, 5) is 8.27. The highest BCUT2D eigenvalue weighted by atomic mass is 16.5. The topological polar surface area (TPSA) is 73.1 Å². The molecule has 0 amide bonds. The van der Waals surface area contributed by atoms with Crippen molar-refractivity contribution in [1.82, 2.24) is 9.97 Å². The first-order valence-corrected chi connectivity index (χ1v) is 6.19. The van der Waals surface area contributed by atoms with Crippen molar-refractivity contribution in [2.45, 2.75) is 45.3 Å². The molecule has 1 fully saturated rings. The highest BCUT2D eigenvalue weighted by Gasteiger charge is 2.23. The van der Waals surface area contributed by atoms with Crippen LogP contribution in [0.15, 0.2) is 6.33 Å². The van der Waals surface area contributed by atoms with Gasteiger partial charge in [0.15, 0.2) is 0 Å². The smallest absolute Gasteiger partial charge is 0.134 e. The van der Waals surface area contributed by atoms with Crippen LogP contribution >= 0.6 is 0 Å². The molecular weight excluding hydrogens is 216 g/mol. The van der Waals surface area contributed by atoms with Gasteiger partial charge in [0.05, 0.1) is 12.1 Å². The first-order valence-electron chi connectivity index (χ1n) is 6.19. The highest BCUT2D eigenvalue weighted by Crippen LogP contribution is 2.22. The van der Waals surface area contributed by atoms with Gasteiger partial charge in [0, 0.05) is 12.2 Å². The molecule has 1 saturated heterocycles. The van der Waals surface area contributed by atoms with Crippen LogP contribution in [0.2, 0.25) is 0 Å². The van der Waals surface area contributed by atoms with E-state index in [1.54, 1.807) is 0 Å². The normalized spacial score (nSPS) is 21.4. The van der Waals surface area contributed by atoms with Gasteiger partial charge in [0.2, 0.25) is 0 Å². The van der Waals surface area contributed by atoms with Gasteiger partial charge in [-0.1, -0.05) is 6.92 Å². The molecule has 17 heavy (non-hydrogen) atoms. The second-order valence-electron chi connectivity index (χ2n) is 4.42. The van der Waals surface area contributed by atoms with Crippen molar-refractivity contribution in [2.24, 2.45) is 0 Å². The van der Waals surface area contributed by atoms with Crippen molar-refractivity contribution in [3.63, 3.8) is 0 Å². The van der Waals surface area contributed by atoms with E-state index in [-0.39, 0.29) is 12.1 Å². The van der Waals surface area contributed by atoms with Crippen LogP contribution in [0, 0.1) is 0 Å². The fourth-order valence-electron chi connectivity index (χ4n) is 2.20. The summed E-state index contributed by atoms with van der Waals surface area (Å²) in [7, 11) is 0. The zero-order chi connectivity index (χ0) is 12.3. The number of rotatable bonds is 4. The molecule has 0 spiro atoms. The molecule has 1 aromatic rings. The quantitative estimate of drug-likeness (QED) is 0.830. The minimum Gasteiger partial charge on any atom is -0.383 e. The molecule has 0 aliphatic carbocycles. The zero-order valence-corrected chi connectivity index (χ0v) is 10.4. The van der Waals surface area contributed by atoms with E-state index < -0.39 is 0 Å². The molecule has 0 bridgehead atoms. The molecule has 1 aromatic heterocycles. The SMILES string of the molecule is CCc1c(N)ncnc1NC(C)C1CCCO1. The summed E-state index contributed by atoms with van der Waals surface area (Å²) < 4.78 is 5.65. The van der Waals surface area contributed by atoms with Crippen LogP contribution in [0.1, 0.15) is 32.3 Å². The maximum absolute atomic E-state index is 5.84. The Balaban J connectivity index is 2.09. The van der Waals surface area contributed by atoms with Gasteiger partial charge >= 0.3 is 0 Å². The maximum atomic E-state index is 5.84. The van der Waals surface area contributed by atoms with Gasteiger partial charge in [-0.15, -0.1) is 0 Å². The van der Waals surface area contributed by atoms with E-state index in [9.17, 15) is 0 Å². The summed E-state index contributed by atoms with van der Waals surface area (Å²) in [6.07, 6.45) is 4.85. The molecule has 2 atom stereocenters. The predicted octanol–water partition coefficient (Wildman–Crippen LogP) is 1.60. The molecule has 5 nitrogen and oxygen atoms in total. The van der Waals surface area contributed by atoms with Crippen molar-refractivity contribution < 1.29 is 4.74 Å². The fraction of sp³-hybridized carbons (Fsp3) is 0.667. The minimum atomic E-state index is 0.247. The lowest BCUT2D eigenvalue weighted by molar-refractivity contribution is 0.0995. The Morgan fingerprint density at radius 1 is 1.59 bits per heavy atom. The van der Waals surface area contributed by atoms with Gasteiger partial charge in [-0.05, 0) is 26.2 Å². The predicted molar refractivity (Wildman–Crippen MR) is 67.9 cm³/mol. The van der Waals surface area contributed by atoms with Crippen molar-refractivity contribution in [1.29, 1.82) is 0 Å². The van der Waals surface area contributed by atoms with Gasteiger partial charge < -0.3 is 15.8 Å². The highest BCUT2D eigenvalue weighted by molar-refractivity contribution is 5.55. The van der Waals surface area contributed by atoms with E-state index in [2.05, 4.69) is 29.1 Å². The number of aromatic nitrogens is 2. The molecule has 94 valence electrons. The molecule has 3 N–H and O–H groups in total. The van der Waals surface area contributed by atoms with E-state index in [4.69, 9.17) is 10.5 Å². The Morgan fingerprint density at radius 3 is 3.06 bits per heavy atom. The minimum absolute atomic E-state index is 0.247. The van der Waals surface area contributed by atoms with Gasteiger partial charge in [-0.3, -0.25) is 0 Å². The van der Waals surface area contributed by atoms with Crippen LogP contribution < -0.4 is 11.1 Å². The molecule has 1 aliphatic heterocycles. The van der Waals surface area contributed by atoms with Crippen LogP contribution in [-0.2, 0) is 11.2 Å². The Labute approximate surface area is 102 Å². The molecule has 2 heterocycles. The number of anilines is 2. The van der Waals surface area contributed by atoms with Crippen LogP contribution in [0.3, 0.4) is 0 Å². The molecular formula is C12H20N4O. The Kier molecular flexibility index (Phi) is 3.78. The third-order valence-corrected chi connectivity index (χ3v) is 3.22. The second kappa shape index (κ2) is 5.31. The number of nitrogens with one attached hydrogen (secondary N) is 1. The largest absolute Gasteiger partial charge is 0.383 e. The molecule has 2 unspecified atom stereocenters. The monoisotopic (exact) mass is 236 g/mol. The second-order valence-corrected chi connectivity index (χ2v) is 4.42. The average molecular weight is 236 g/mol. The summed E-state index contributed by atoms with van der Waals surface area (Å²) in [5.74, 6) is 1.40. The molecule has 0 saturated carbocycles. The summed E-state index contributed by atoms with van der Waals surface area (Å²) in [6, 6.07) is 0.247. The lowest BCUT2D eigenvalue weighted by Crippen LogP contribution is -2.31. The van der Waals surface area contributed by atoms with Crippen molar-refractivity contribution in [2.75, 3.05) is 17.7 Å². The Hall–Kier alpha value is -1.36. The van der Waals surface area contributed by atoms with Gasteiger partial charge in [-0.25, -0.2) is 9.97 Å². The standard InChI is InChI=1S/C12H20N4O/c1-3-9-11(13)14-7-15-12(9)16-8(2)10-5-4-6-17-10/h7-8,10H,3-6H2,1-2H3,(H3,13,14,15,16). The number of hydrogen-bond acceptors (Lipinski definition) is 5. The summed E-state index contributed by atoms with van der Waals surface area (Å²) >= 11 is 0. The third-order valence-electron chi connectivity index (χ3n) is 3.22. The lowest BCUT2D eigenvalue weighted by Gasteiger charge is -2.22.